The van der Waals surface area contributed by atoms with Gasteiger partial charge in [0.15, 0.2) is 0 Å². The maximum absolute atomic E-state index is 2.34. The summed E-state index contributed by atoms with van der Waals surface area (Å²) in [5.74, 6) is 0. The van der Waals surface area contributed by atoms with E-state index in [1.165, 1.54) is 44.5 Å². The maximum Gasteiger partial charge on any atom is -0.00992 e. The zero-order valence-corrected chi connectivity index (χ0v) is 37.9. The minimum Gasteiger partial charge on any atom is -0.0622 e. The van der Waals surface area contributed by atoms with Gasteiger partial charge in [-0.2, -0.15) is 0 Å². The zero-order chi connectivity index (χ0) is 45.7. The smallest absolute Gasteiger partial charge is 0.00992 e. The van der Waals surface area contributed by atoms with Crippen LogP contribution in [0.3, 0.4) is 0 Å². The van der Waals surface area contributed by atoms with E-state index in [9.17, 15) is 0 Å². The average Bonchev–Trinajstić information content (AvgIpc) is 3.42. The fourth-order valence-electron chi connectivity index (χ4n) is 8.54. The predicted octanol–water partition coefficient (Wildman–Crippen LogP) is 18.7. The Balaban J connectivity index is 1.03. The van der Waals surface area contributed by atoms with E-state index in [4.69, 9.17) is 0 Å². The standard InChI is InChI=1S/C68H50/c1-5-13-57(14-6-1)61-37-25-51(26-38-61)21-23-55-35-47-65(45-33-53-29-41-63(42-30-53)59-17-9-3-10-18-59)67(49-55)68-50-56(24-22-52-27-39-62(40-28-52)58-15-7-2-8-16-58)36-48-66(68)46-34-54-31-43-64(44-32-54)60-19-11-4-12-20-60/h1-50H/b23-21+,24-22+,45-33+,46-34+. The predicted molar refractivity (Wildman–Crippen MR) is 295 cm³/mol. The maximum atomic E-state index is 2.34. The summed E-state index contributed by atoms with van der Waals surface area (Å²) in [6, 6.07) is 91.0. The molecule has 0 heteroatoms. The summed E-state index contributed by atoms with van der Waals surface area (Å²) >= 11 is 0. The molecule has 10 aromatic carbocycles. The monoisotopic (exact) mass is 866 g/mol. The van der Waals surface area contributed by atoms with E-state index in [-0.39, 0.29) is 0 Å². The quantitative estimate of drug-likeness (QED) is 0.101. The van der Waals surface area contributed by atoms with E-state index >= 15 is 0 Å². The van der Waals surface area contributed by atoms with Crippen molar-refractivity contribution in [1.29, 1.82) is 0 Å². The Bertz CT molecular complexity index is 3110. The molecule has 10 aromatic rings. The Morgan fingerprint density at radius 1 is 0.162 bits per heavy atom. The molecule has 0 atom stereocenters. The Kier molecular flexibility index (Phi) is 13.3. The molecule has 0 radical (unpaired) electrons. The van der Waals surface area contributed by atoms with E-state index < -0.39 is 0 Å². The van der Waals surface area contributed by atoms with Crippen molar-refractivity contribution in [3.63, 3.8) is 0 Å². The van der Waals surface area contributed by atoms with Gasteiger partial charge in [0.25, 0.3) is 0 Å². The minimum atomic E-state index is 1.13. The Labute approximate surface area is 401 Å². The molecule has 0 saturated heterocycles. The molecule has 68 heavy (non-hydrogen) atoms. The first-order valence-corrected chi connectivity index (χ1v) is 23.3. The second-order valence-electron chi connectivity index (χ2n) is 17.0. The van der Waals surface area contributed by atoms with E-state index in [1.54, 1.807) is 0 Å². The Morgan fingerprint density at radius 2 is 0.368 bits per heavy atom. The van der Waals surface area contributed by atoms with Crippen molar-refractivity contribution in [2.45, 2.75) is 0 Å². The molecule has 0 N–H and O–H groups in total. The van der Waals surface area contributed by atoms with Crippen LogP contribution >= 0.6 is 0 Å². The van der Waals surface area contributed by atoms with Gasteiger partial charge in [-0.1, -0.05) is 291 Å². The third-order valence-electron chi connectivity index (χ3n) is 12.4. The van der Waals surface area contributed by atoms with Crippen LogP contribution in [-0.2, 0) is 0 Å². The topological polar surface area (TPSA) is 0 Å². The van der Waals surface area contributed by atoms with Gasteiger partial charge < -0.3 is 0 Å². The first-order chi connectivity index (χ1) is 33.7. The third-order valence-corrected chi connectivity index (χ3v) is 12.4. The molecule has 0 aliphatic heterocycles. The van der Waals surface area contributed by atoms with E-state index in [2.05, 4.69) is 303 Å². The van der Waals surface area contributed by atoms with Crippen LogP contribution < -0.4 is 0 Å². The largest absolute Gasteiger partial charge is 0.0622 e. The second-order valence-corrected chi connectivity index (χ2v) is 17.0. The molecule has 0 amide bonds. The summed E-state index contributed by atoms with van der Waals surface area (Å²) in [5.41, 5.74) is 21.1. The van der Waals surface area contributed by atoms with Crippen LogP contribution in [0.4, 0.5) is 0 Å². The number of hydrogen-bond acceptors (Lipinski definition) is 0. The van der Waals surface area contributed by atoms with Gasteiger partial charge in [0.2, 0.25) is 0 Å². The SMILES string of the molecule is C(=C\c1ccc(/C=C/c2ccc(-c3ccccc3)cc2)c(-c2cc(/C=C/c3ccc(-c4ccccc4)cc3)ccc2/C=C/c2ccc(-c3ccccc3)cc2)c1)/c1ccc(-c2ccccc2)cc1. The molecular weight excluding hydrogens is 817 g/mol. The summed E-state index contributed by atoms with van der Waals surface area (Å²) in [4.78, 5) is 0. The first kappa shape index (κ1) is 43.1. The van der Waals surface area contributed by atoms with Crippen molar-refractivity contribution in [3.8, 4) is 55.6 Å². The summed E-state index contributed by atoms with van der Waals surface area (Å²) < 4.78 is 0. The fourth-order valence-corrected chi connectivity index (χ4v) is 8.54. The van der Waals surface area contributed by atoms with Gasteiger partial charge in [-0.05, 0) is 112 Å². The van der Waals surface area contributed by atoms with E-state index in [0.29, 0.717) is 0 Å². The normalized spacial score (nSPS) is 11.6. The van der Waals surface area contributed by atoms with Crippen molar-refractivity contribution in [2.75, 3.05) is 0 Å². The first-order valence-electron chi connectivity index (χ1n) is 23.3. The lowest BCUT2D eigenvalue weighted by Gasteiger charge is -2.13. The highest BCUT2D eigenvalue weighted by atomic mass is 14.1. The summed E-state index contributed by atoms with van der Waals surface area (Å²) in [6.07, 6.45) is 17.8. The summed E-state index contributed by atoms with van der Waals surface area (Å²) in [7, 11) is 0. The molecule has 0 aliphatic rings. The van der Waals surface area contributed by atoms with E-state index in [1.807, 2.05) is 0 Å². The van der Waals surface area contributed by atoms with E-state index in [0.717, 1.165) is 55.6 Å². The lowest BCUT2D eigenvalue weighted by molar-refractivity contribution is 1.54. The molecule has 0 nitrogen and oxygen atoms in total. The van der Waals surface area contributed by atoms with Crippen LogP contribution in [0, 0.1) is 0 Å². The highest BCUT2D eigenvalue weighted by Gasteiger charge is 2.11. The molecule has 0 bridgehead atoms. The summed E-state index contributed by atoms with van der Waals surface area (Å²) in [5, 5.41) is 0. The second kappa shape index (κ2) is 21.0. The molecule has 0 unspecified atom stereocenters. The van der Waals surface area contributed by atoms with Crippen LogP contribution in [0.5, 0.6) is 0 Å². The minimum absolute atomic E-state index is 1.13. The van der Waals surface area contributed by atoms with Crippen molar-refractivity contribution < 1.29 is 0 Å². The fraction of sp³-hybridized carbons (Fsp3) is 0. The van der Waals surface area contributed by atoms with Gasteiger partial charge >= 0.3 is 0 Å². The van der Waals surface area contributed by atoms with Crippen LogP contribution in [0.2, 0.25) is 0 Å². The highest BCUT2D eigenvalue weighted by Crippen LogP contribution is 2.34. The number of hydrogen-bond donors (Lipinski definition) is 0. The molecule has 0 heterocycles. The lowest BCUT2D eigenvalue weighted by atomic mass is 9.90. The highest BCUT2D eigenvalue weighted by molar-refractivity contribution is 5.90. The van der Waals surface area contributed by atoms with Gasteiger partial charge in [0.1, 0.15) is 0 Å². The van der Waals surface area contributed by atoms with Gasteiger partial charge in [0, 0.05) is 0 Å². The molecule has 0 spiro atoms. The Hall–Kier alpha value is -8.84. The van der Waals surface area contributed by atoms with Crippen LogP contribution in [0.25, 0.3) is 104 Å². The molecule has 322 valence electrons. The van der Waals surface area contributed by atoms with Crippen LogP contribution in [0.15, 0.2) is 255 Å². The molecular formula is C68H50. The zero-order valence-electron chi connectivity index (χ0n) is 37.9. The summed E-state index contributed by atoms with van der Waals surface area (Å²) in [6.45, 7) is 0. The lowest BCUT2D eigenvalue weighted by Crippen LogP contribution is -1.91. The molecule has 10 rings (SSSR count). The van der Waals surface area contributed by atoms with Crippen molar-refractivity contribution in [2.24, 2.45) is 0 Å². The van der Waals surface area contributed by atoms with Crippen molar-refractivity contribution in [3.05, 3.63) is 299 Å². The van der Waals surface area contributed by atoms with Gasteiger partial charge in [-0.3, -0.25) is 0 Å². The molecule has 0 saturated carbocycles. The van der Waals surface area contributed by atoms with Crippen LogP contribution in [-0.4, -0.2) is 0 Å². The van der Waals surface area contributed by atoms with Gasteiger partial charge in [-0.25, -0.2) is 0 Å². The van der Waals surface area contributed by atoms with Crippen LogP contribution in [0.1, 0.15) is 44.5 Å². The van der Waals surface area contributed by atoms with Gasteiger partial charge in [0.05, 0.1) is 0 Å². The van der Waals surface area contributed by atoms with Crippen molar-refractivity contribution >= 4 is 48.6 Å². The third kappa shape index (κ3) is 10.8. The van der Waals surface area contributed by atoms with Crippen molar-refractivity contribution in [1.82, 2.24) is 0 Å². The molecule has 0 fully saturated rings. The average molecular weight is 867 g/mol. The molecule has 0 aliphatic carbocycles. The van der Waals surface area contributed by atoms with Gasteiger partial charge in [-0.15, -0.1) is 0 Å². The number of rotatable bonds is 13. The number of benzene rings is 10. The Morgan fingerprint density at radius 3 is 0.632 bits per heavy atom. The molecule has 0 aromatic heterocycles.